The number of hydrogen-bond acceptors (Lipinski definition) is 2. The molecule has 0 fully saturated rings. The third-order valence-electron chi connectivity index (χ3n) is 2.69. The number of halogens is 1. The summed E-state index contributed by atoms with van der Waals surface area (Å²) in [7, 11) is 0. The van der Waals surface area contributed by atoms with Crippen LogP contribution in [0.4, 0.5) is 0 Å². The molecule has 0 spiro atoms. The number of rotatable bonds is 5. The highest BCUT2D eigenvalue weighted by molar-refractivity contribution is 6.30. The first-order chi connectivity index (χ1) is 8.75. The second kappa shape index (κ2) is 6.55. The van der Waals surface area contributed by atoms with E-state index in [4.69, 9.17) is 16.4 Å². The van der Waals surface area contributed by atoms with Crippen LogP contribution in [0.3, 0.4) is 0 Å². The summed E-state index contributed by atoms with van der Waals surface area (Å²) in [5.74, 6) is 0. The molecule has 0 amide bonds. The van der Waals surface area contributed by atoms with Crippen LogP contribution in [0.2, 0.25) is 5.02 Å². The molecule has 0 aliphatic rings. The third-order valence-corrected chi connectivity index (χ3v) is 2.93. The molecule has 2 rings (SSSR count). The Hall–Kier alpha value is -1.35. The Bertz CT molecular complexity index is 487. The maximum Gasteiger partial charge on any atom is 0.0933 e. The molecule has 18 heavy (non-hydrogen) atoms. The van der Waals surface area contributed by atoms with Crippen molar-refractivity contribution in [2.45, 2.75) is 19.6 Å². The summed E-state index contributed by atoms with van der Waals surface area (Å²) in [5.41, 5.74) is 5.26. The Morgan fingerprint density at radius 3 is 2.61 bits per heavy atom. The van der Waals surface area contributed by atoms with Gasteiger partial charge in [0.2, 0.25) is 0 Å². The predicted octanol–water partition coefficient (Wildman–Crippen LogP) is 4.12. The van der Waals surface area contributed by atoms with Crippen LogP contribution in [-0.4, -0.2) is 0 Å². The fourth-order valence-corrected chi connectivity index (χ4v) is 1.87. The number of benzene rings is 2. The van der Waals surface area contributed by atoms with Gasteiger partial charge in [0, 0.05) is 5.02 Å². The van der Waals surface area contributed by atoms with Gasteiger partial charge in [0.15, 0.2) is 0 Å². The van der Waals surface area contributed by atoms with E-state index in [1.807, 2.05) is 61.5 Å². The minimum Gasteiger partial charge on any atom is -0.296 e. The van der Waals surface area contributed by atoms with Crippen LogP contribution in [0.1, 0.15) is 24.1 Å². The van der Waals surface area contributed by atoms with E-state index in [0.29, 0.717) is 6.61 Å². The van der Waals surface area contributed by atoms with Gasteiger partial charge in [-0.05, 0) is 30.2 Å². The van der Waals surface area contributed by atoms with E-state index in [-0.39, 0.29) is 6.04 Å². The van der Waals surface area contributed by atoms with Crippen molar-refractivity contribution in [3.05, 3.63) is 70.7 Å². The highest BCUT2D eigenvalue weighted by Crippen LogP contribution is 2.17. The molecule has 94 valence electrons. The molecule has 0 aliphatic carbocycles. The molecule has 0 aromatic heterocycles. The highest BCUT2D eigenvalue weighted by atomic mass is 35.5. The second-order valence-electron chi connectivity index (χ2n) is 4.17. The Labute approximate surface area is 113 Å². The van der Waals surface area contributed by atoms with Crippen molar-refractivity contribution in [1.82, 2.24) is 5.48 Å². The van der Waals surface area contributed by atoms with Gasteiger partial charge in [-0.25, -0.2) is 0 Å². The minimum atomic E-state index is 0.104. The fraction of sp³-hybridized carbons (Fsp3) is 0.200. The topological polar surface area (TPSA) is 21.3 Å². The molecule has 2 aromatic carbocycles. The summed E-state index contributed by atoms with van der Waals surface area (Å²) in [5, 5.41) is 0.740. The molecule has 1 unspecified atom stereocenters. The van der Waals surface area contributed by atoms with E-state index in [0.717, 1.165) is 16.1 Å². The monoisotopic (exact) mass is 261 g/mol. The molecule has 0 aliphatic heterocycles. The Morgan fingerprint density at radius 2 is 1.89 bits per heavy atom. The number of hydrogen-bond donors (Lipinski definition) is 1. The van der Waals surface area contributed by atoms with Gasteiger partial charge in [0.05, 0.1) is 12.6 Å². The molecule has 0 radical (unpaired) electrons. The lowest BCUT2D eigenvalue weighted by Gasteiger charge is -2.14. The van der Waals surface area contributed by atoms with E-state index >= 15 is 0 Å². The van der Waals surface area contributed by atoms with Gasteiger partial charge in [0.1, 0.15) is 0 Å². The Morgan fingerprint density at radius 1 is 1.11 bits per heavy atom. The molecule has 0 bridgehead atoms. The summed E-state index contributed by atoms with van der Waals surface area (Å²) in [6.07, 6.45) is 0. The van der Waals surface area contributed by atoms with Crippen molar-refractivity contribution in [1.29, 1.82) is 0 Å². The zero-order valence-electron chi connectivity index (χ0n) is 10.3. The average molecular weight is 262 g/mol. The summed E-state index contributed by atoms with van der Waals surface area (Å²) < 4.78 is 0. The molecule has 1 N–H and O–H groups in total. The van der Waals surface area contributed by atoms with Gasteiger partial charge in [0.25, 0.3) is 0 Å². The second-order valence-corrected chi connectivity index (χ2v) is 4.61. The third kappa shape index (κ3) is 3.84. The van der Waals surface area contributed by atoms with E-state index < -0.39 is 0 Å². The van der Waals surface area contributed by atoms with E-state index in [1.54, 1.807) is 0 Å². The molecule has 0 heterocycles. The maximum absolute atomic E-state index is 5.95. The van der Waals surface area contributed by atoms with Gasteiger partial charge in [-0.1, -0.05) is 54.1 Å². The zero-order valence-corrected chi connectivity index (χ0v) is 11.0. The first-order valence-electron chi connectivity index (χ1n) is 5.92. The van der Waals surface area contributed by atoms with Gasteiger partial charge in [-0.15, -0.1) is 0 Å². The van der Waals surface area contributed by atoms with Crippen LogP contribution < -0.4 is 5.48 Å². The average Bonchev–Trinajstić information content (AvgIpc) is 2.40. The van der Waals surface area contributed by atoms with E-state index in [2.05, 4.69) is 5.48 Å². The van der Waals surface area contributed by atoms with Crippen molar-refractivity contribution in [3.63, 3.8) is 0 Å². The summed E-state index contributed by atoms with van der Waals surface area (Å²) in [4.78, 5) is 5.48. The van der Waals surface area contributed by atoms with E-state index in [1.165, 1.54) is 0 Å². The van der Waals surface area contributed by atoms with Gasteiger partial charge >= 0.3 is 0 Å². The first kappa shape index (κ1) is 13.1. The van der Waals surface area contributed by atoms with Gasteiger partial charge in [-0.2, -0.15) is 5.48 Å². The molecule has 2 aromatic rings. The van der Waals surface area contributed by atoms with Gasteiger partial charge < -0.3 is 0 Å². The lowest BCUT2D eigenvalue weighted by Crippen LogP contribution is -2.18. The van der Waals surface area contributed by atoms with Crippen LogP contribution in [0.25, 0.3) is 0 Å². The Balaban J connectivity index is 1.83. The van der Waals surface area contributed by atoms with Crippen molar-refractivity contribution in [2.24, 2.45) is 0 Å². The van der Waals surface area contributed by atoms with Crippen LogP contribution in [-0.2, 0) is 11.4 Å². The summed E-state index contributed by atoms with van der Waals surface area (Å²) >= 11 is 5.95. The van der Waals surface area contributed by atoms with Crippen molar-refractivity contribution in [2.75, 3.05) is 0 Å². The van der Waals surface area contributed by atoms with Crippen molar-refractivity contribution >= 4 is 11.6 Å². The molecule has 3 heteroatoms. The van der Waals surface area contributed by atoms with Crippen molar-refractivity contribution in [3.8, 4) is 0 Å². The normalized spacial score (nSPS) is 12.3. The van der Waals surface area contributed by atoms with Crippen LogP contribution >= 0.6 is 11.6 Å². The zero-order chi connectivity index (χ0) is 12.8. The van der Waals surface area contributed by atoms with Crippen LogP contribution in [0.15, 0.2) is 54.6 Å². The number of nitrogens with one attached hydrogen (secondary N) is 1. The molecule has 0 saturated carbocycles. The lowest BCUT2D eigenvalue weighted by molar-refractivity contribution is 0.00698. The van der Waals surface area contributed by atoms with E-state index in [9.17, 15) is 0 Å². The summed E-state index contributed by atoms with van der Waals surface area (Å²) in [6.45, 7) is 2.59. The standard InChI is InChI=1S/C15H16ClNO/c1-12(14-8-5-9-15(16)10-14)17-18-11-13-6-3-2-4-7-13/h2-10,12,17H,11H2,1H3. The van der Waals surface area contributed by atoms with Gasteiger partial charge in [-0.3, -0.25) is 4.84 Å². The van der Waals surface area contributed by atoms with Crippen LogP contribution in [0, 0.1) is 0 Å². The number of hydroxylamine groups is 1. The molecule has 2 nitrogen and oxygen atoms in total. The van der Waals surface area contributed by atoms with Crippen LogP contribution in [0.5, 0.6) is 0 Å². The largest absolute Gasteiger partial charge is 0.296 e. The lowest BCUT2D eigenvalue weighted by atomic mass is 10.1. The molecule has 0 saturated heterocycles. The molecular formula is C15H16ClNO. The quantitative estimate of drug-likeness (QED) is 0.818. The first-order valence-corrected chi connectivity index (χ1v) is 6.30. The molecular weight excluding hydrogens is 246 g/mol. The Kier molecular flexibility index (Phi) is 4.76. The summed E-state index contributed by atoms with van der Waals surface area (Å²) in [6, 6.07) is 17.9. The smallest absolute Gasteiger partial charge is 0.0933 e. The van der Waals surface area contributed by atoms with Crippen molar-refractivity contribution < 1.29 is 4.84 Å². The predicted molar refractivity (Wildman–Crippen MR) is 74.2 cm³/mol. The highest BCUT2D eigenvalue weighted by Gasteiger charge is 2.05. The molecule has 1 atom stereocenters. The maximum atomic E-state index is 5.95. The fourth-order valence-electron chi connectivity index (χ4n) is 1.67. The SMILES string of the molecule is CC(NOCc1ccccc1)c1cccc(Cl)c1. The minimum absolute atomic E-state index is 0.104.